The van der Waals surface area contributed by atoms with E-state index in [0.717, 1.165) is 48.1 Å². The molecule has 1 aliphatic rings. The molecule has 2 aromatic carbocycles. The van der Waals surface area contributed by atoms with Crippen molar-refractivity contribution in [3.05, 3.63) is 64.3 Å². The molecule has 0 atom stereocenters. The predicted molar refractivity (Wildman–Crippen MR) is 117 cm³/mol. The number of nitrogens with zero attached hydrogens (tertiary/aromatic N) is 1. The molecular weight excluding hydrogens is 401 g/mol. The van der Waals surface area contributed by atoms with E-state index in [1.54, 1.807) is 17.4 Å². The van der Waals surface area contributed by atoms with Crippen LogP contribution in [0.1, 0.15) is 33.6 Å². The van der Waals surface area contributed by atoms with Gasteiger partial charge in [-0.1, -0.05) is 12.1 Å². The number of anilines is 1. The van der Waals surface area contributed by atoms with Crippen LogP contribution >= 0.6 is 11.3 Å². The molecule has 0 radical (unpaired) electrons. The molecule has 1 amide bonds. The molecule has 1 aliphatic carbocycles. The Hall–Kier alpha value is -3.19. The zero-order valence-corrected chi connectivity index (χ0v) is 17.2. The summed E-state index contributed by atoms with van der Waals surface area (Å²) in [6.45, 7) is 0. The third-order valence-electron chi connectivity index (χ3n) is 5.45. The minimum Gasteiger partial charge on any atom is -0.497 e. The average molecular weight is 421 g/mol. The molecular formula is C23H20FN3O2S. The molecule has 5 nitrogen and oxygen atoms in total. The highest BCUT2D eigenvalue weighted by atomic mass is 32.1. The molecule has 0 aliphatic heterocycles. The van der Waals surface area contributed by atoms with Crippen molar-refractivity contribution in [2.24, 2.45) is 0 Å². The number of thiophene rings is 1. The lowest BCUT2D eigenvalue weighted by Crippen LogP contribution is -2.13. The number of para-hydroxylation sites is 2. The van der Waals surface area contributed by atoms with Crippen LogP contribution in [0.4, 0.5) is 9.39 Å². The first-order valence-electron chi connectivity index (χ1n) is 9.88. The summed E-state index contributed by atoms with van der Waals surface area (Å²) in [5, 5.41) is 3.65. The van der Waals surface area contributed by atoms with Crippen molar-refractivity contribution in [2.45, 2.75) is 25.7 Å². The second kappa shape index (κ2) is 7.57. The predicted octanol–water partition coefficient (Wildman–Crippen LogP) is 5.57. The second-order valence-corrected chi connectivity index (χ2v) is 8.42. The summed E-state index contributed by atoms with van der Waals surface area (Å²) in [4.78, 5) is 22.3. The van der Waals surface area contributed by atoms with Crippen molar-refractivity contribution < 1.29 is 13.9 Å². The molecule has 0 spiro atoms. The van der Waals surface area contributed by atoms with Crippen molar-refractivity contribution in [3.63, 3.8) is 0 Å². The fourth-order valence-corrected chi connectivity index (χ4v) is 5.24. The van der Waals surface area contributed by atoms with Gasteiger partial charge in [-0.25, -0.2) is 9.37 Å². The number of aromatic amines is 1. The molecule has 30 heavy (non-hydrogen) atoms. The molecule has 0 saturated carbocycles. The summed E-state index contributed by atoms with van der Waals surface area (Å²) in [5.74, 6) is 0.0178. The largest absolute Gasteiger partial charge is 0.497 e. The van der Waals surface area contributed by atoms with Crippen molar-refractivity contribution in [1.82, 2.24) is 9.97 Å². The van der Waals surface area contributed by atoms with Gasteiger partial charge in [0.05, 0.1) is 29.3 Å². The van der Waals surface area contributed by atoms with Gasteiger partial charge in [-0.05, 0) is 55.5 Å². The number of carbonyl (C=O) groups excluding carboxylic acids is 1. The Balaban J connectivity index is 1.57. The van der Waals surface area contributed by atoms with Gasteiger partial charge in [-0.3, -0.25) is 4.79 Å². The Morgan fingerprint density at radius 3 is 2.83 bits per heavy atom. The van der Waals surface area contributed by atoms with Crippen LogP contribution < -0.4 is 10.1 Å². The number of ether oxygens (including phenoxy) is 1. The number of nitrogens with one attached hydrogen (secondary N) is 2. The van der Waals surface area contributed by atoms with Gasteiger partial charge in [0.15, 0.2) is 0 Å². The highest BCUT2D eigenvalue weighted by Gasteiger charge is 2.26. The molecule has 0 saturated heterocycles. The number of carbonyl (C=O) groups is 1. The van der Waals surface area contributed by atoms with Crippen LogP contribution in [-0.2, 0) is 12.8 Å². The highest BCUT2D eigenvalue weighted by Crippen LogP contribution is 2.44. The van der Waals surface area contributed by atoms with E-state index < -0.39 is 11.7 Å². The van der Waals surface area contributed by atoms with Crippen molar-refractivity contribution in [3.8, 4) is 17.1 Å². The molecule has 7 heteroatoms. The van der Waals surface area contributed by atoms with E-state index in [1.165, 1.54) is 29.7 Å². The fraction of sp³-hybridized carbons (Fsp3) is 0.217. The Kier molecular flexibility index (Phi) is 4.75. The van der Waals surface area contributed by atoms with Gasteiger partial charge in [0.1, 0.15) is 22.4 Å². The first-order valence-corrected chi connectivity index (χ1v) is 10.7. The SMILES string of the molecule is COc1ccc(C(=O)Nc2sc3c(c2-c2nc4ccccc4[nH]2)CCCC3)c(F)c1. The van der Waals surface area contributed by atoms with Crippen LogP contribution in [0.3, 0.4) is 0 Å². The zero-order valence-electron chi connectivity index (χ0n) is 16.4. The maximum absolute atomic E-state index is 14.4. The van der Waals surface area contributed by atoms with Crippen LogP contribution in [0.5, 0.6) is 5.75 Å². The van der Waals surface area contributed by atoms with Crippen LogP contribution in [0.2, 0.25) is 0 Å². The van der Waals surface area contributed by atoms with E-state index >= 15 is 0 Å². The van der Waals surface area contributed by atoms with Gasteiger partial charge in [0.25, 0.3) is 5.91 Å². The van der Waals surface area contributed by atoms with E-state index in [1.807, 2.05) is 24.3 Å². The normalized spacial score (nSPS) is 13.3. The smallest absolute Gasteiger partial charge is 0.259 e. The van der Waals surface area contributed by atoms with Crippen molar-refractivity contribution >= 4 is 33.3 Å². The summed E-state index contributed by atoms with van der Waals surface area (Å²) in [7, 11) is 1.46. The standard InChI is InChI=1S/C23H20FN3O2S/c1-29-13-10-11-14(16(24)12-13)22(28)27-23-20(15-6-2-5-9-19(15)30-23)21-25-17-7-3-4-8-18(17)26-21/h3-4,7-8,10-12H,2,5-6,9H2,1H3,(H,25,26)(H,27,28). The van der Waals surface area contributed by atoms with E-state index in [4.69, 9.17) is 9.72 Å². The summed E-state index contributed by atoms with van der Waals surface area (Å²) >= 11 is 1.56. The number of fused-ring (bicyclic) bond motifs is 2. The highest BCUT2D eigenvalue weighted by molar-refractivity contribution is 7.17. The molecule has 0 fully saturated rings. The van der Waals surface area contributed by atoms with Crippen LogP contribution in [0.25, 0.3) is 22.4 Å². The lowest BCUT2D eigenvalue weighted by molar-refractivity contribution is 0.102. The molecule has 2 aromatic heterocycles. The van der Waals surface area contributed by atoms with E-state index in [-0.39, 0.29) is 5.56 Å². The van der Waals surface area contributed by atoms with Gasteiger partial charge in [0, 0.05) is 10.9 Å². The summed E-state index contributed by atoms with van der Waals surface area (Å²) in [6.07, 6.45) is 4.18. The maximum Gasteiger partial charge on any atom is 0.259 e. The zero-order chi connectivity index (χ0) is 20.7. The Morgan fingerprint density at radius 2 is 2.03 bits per heavy atom. The van der Waals surface area contributed by atoms with Crippen LogP contribution in [0, 0.1) is 5.82 Å². The van der Waals surface area contributed by atoms with Crippen LogP contribution in [-0.4, -0.2) is 23.0 Å². The third kappa shape index (κ3) is 3.25. The first-order chi connectivity index (χ1) is 14.6. The van der Waals surface area contributed by atoms with E-state index in [0.29, 0.717) is 10.8 Å². The summed E-state index contributed by atoms with van der Waals surface area (Å²) in [5.41, 5.74) is 3.96. The van der Waals surface area contributed by atoms with E-state index in [9.17, 15) is 9.18 Å². The minimum atomic E-state index is -0.613. The number of benzene rings is 2. The molecule has 152 valence electrons. The number of hydrogen-bond acceptors (Lipinski definition) is 4. The number of hydrogen-bond donors (Lipinski definition) is 2. The van der Waals surface area contributed by atoms with Gasteiger partial charge in [-0.15, -0.1) is 11.3 Å². The number of imidazole rings is 1. The maximum atomic E-state index is 14.4. The molecule has 0 unspecified atom stereocenters. The first kappa shape index (κ1) is 18.8. The minimum absolute atomic E-state index is 0.0160. The Bertz CT molecular complexity index is 1230. The topological polar surface area (TPSA) is 67.0 Å². The van der Waals surface area contributed by atoms with Gasteiger partial charge < -0.3 is 15.0 Å². The number of halogens is 1. The number of rotatable bonds is 4. The van der Waals surface area contributed by atoms with Gasteiger partial charge in [-0.2, -0.15) is 0 Å². The number of methoxy groups -OCH3 is 1. The second-order valence-electron chi connectivity index (χ2n) is 7.32. The number of aromatic nitrogens is 2. The molecule has 5 rings (SSSR count). The number of aryl methyl sites for hydroxylation is 1. The quantitative estimate of drug-likeness (QED) is 0.453. The fourth-order valence-electron chi connectivity index (χ4n) is 3.95. The Morgan fingerprint density at radius 1 is 1.20 bits per heavy atom. The third-order valence-corrected chi connectivity index (χ3v) is 6.65. The summed E-state index contributed by atoms with van der Waals surface area (Å²) < 4.78 is 19.5. The lowest BCUT2D eigenvalue weighted by atomic mass is 9.95. The monoisotopic (exact) mass is 421 g/mol. The van der Waals surface area contributed by atoms with E-state index in [2.05, 4.69) is 10.3 Å². The van der Waals surface area contributed by atoms with Gasteiger partial charge >= 0.3 is 0 Å². The van der Waals surface area contributed by atoms with Crippen LogP contribution in [0.15, 0.2) is 42.5 Å². The Labute approximate surface area is 176 Å². The number of amides is 1. The lowest BCUT2D eigenvalue weighted by Gasteiger charge is -2.12. The molecule has 0 bridgehead atoms. The van der Waals surface area contributed by atoms with Gasteiger partial charge in [0.2, 0.25) is 0 Å². The molecule has 2 heterocycles. The summed E-state index contributed by atoms with van der Waals surface area (Å²) in [6, 6.07) is 12.1. The molecule has 4 aromatic rings. The van der Waals surface area contributed by atoms with Crippen molar-refractivity contribution in [1.29, 1.82) is 0 Å². The average Bonchev–Trinajstić information content (AvgIpc) is 3.33. The number of H-pyrrole nitrogens is 1. The molecule has 2 N–H and O–H groups in total. The van der Waals surface area contributed by atoms with Crippen molar-refractivity contribution in [2.75, 3.05) is 12.4 Å².